The molecular formula is C15H20O6. The first-order valence-electron chi connectivity index (χ1n) is 7.17. The Hall–Kier alpha value is -1.24. The Labute approximate surface area is 122 Å². The summed E-state index contributed by atoms with van der Waals surface area (Å²) in [5.74, 6) is -1.95. The topological polar surface area (TPSA) is 104 Å². The minimum Gasteiger partial charge on any atom is -0.435 e. The number of carbonyl (C=O) groups is 2. The second-order valence-corrected chi connectivity index (χ2v) is 7.02. The molecule has 21 heavy (non-hydrogen) atoms. The maximum atomic E-state index is 12.5. The van der Waals surface area contributed by atoms with Crippen LogP contribution in [0.25, 0.3) is 0 Å². The van der Waals surface area contributed by atoms with E-state index in [0.717, 1.165) is 0 Å². The SMILES string of the molecule is CC1(C)C[C@H](O)[C@H](O)C23C(=O)O[C@H](O)[C@H]2C(C=O)=CC[C@@H]13. The van der Waals surface area contributed by atoms with E-state index in [2.05, 4.69) is 0 Å². The largest absolute Gasteiger partial charge is 0.435 e. The molecule has 0 bridgehead atoms. The van der Waals surface area contributed by atoms with Gasteiger partial charge < -0.3 is 20.1 Å². The molecule has 6 heteroatoms. The van der Waals surface area contributed by atoms with Gasteiger partial charge in [-0.2, -0.15) is 0 Å². The van der Waals surface area contributed by atoms with Gasteiger partial charge in [0.25, 0.3) is 0 Å². The first kappa shape index (κ1) is 14.7. The molecule has 1 saturated heterocycles. The average Bonchev–Trinajstić information content (AvgIpc) is 2.68. The predicted octanol–water partition coefficient (Wildman–Crippen LogP) is -0.239. The molecule has 116 valence electrons. The van der Waals surface area contributed by atoms with Gasteiger partial charge in [0.2, 0.25) is 6.29 Å². The van der Waals surface area contributed by atoms with Gasteiger partial charge in [-0.1, -0.05) is 19.9 Å². The van der Waals surface area contributed by atoms with E-state index in [-0.39, 0.29) is 11.5 Å². The monoisotopic (exact) mass is 296 g/mol. The first-order chi connectivity index (χ1) is 9.76. The number of aliphatic hydroxyl groups excluding tert-OH is 3. The lowest BCUT2D eigenvalue weighted by Gasteiger charge is -2.56. The summed E-state index contributed by atoms with van der Waals surface area (Å²) >= 11 is 0. The van der Waals surface area contributed by atoms with Crippen molar-refractivity contribution in [2.24, 2.45) is 22.7 Å². The van der Waals surface area contributed by atoms with E-state index in [4.69, 9.17) is 4.74 Å². The molecule has 1 aliphatic heterocycles. The highest BCUT2D eigenvalue weighted by Crippen LogP contribution is 2.63. The number of ether oxygens (including phenoxy) is 1. The molecule has 1 saturated carbocycles. The molecule has 3 N–H and O–H groups in total. The van der Waals surface area contributed by atoms with Crippen molar-refractivity contribution in [3.63, 3.8) is 0 Å². The number of carbonyl (C=O) groups excluding carboxylic acids is 2. The van der Waals surface area contributed by atoms with Gasteiger partial charge in [0.1, 0.15) is 11.7 Å². The van der Waals surface area contributed by atoms with Crippen molar-refractivity contribution in [3.05, 3.63) is 11.6 Å². The number of hydrogen-bond acceptors (Lipinski definition) is 6. The Kier molecular flexibility index (Phi) is 3.06. The standard InChI is InChI=1S/C15H20O6/c1-14(2)5-8(17)11(18)15-9(14)4-3-7(6-16)10(15)12(19)21-13(15)20/h3,6,8-12,17-19H,4-5H2,1-2H3/t8-,9-,10+,11-,12-,15?/m0/s1. The van der Waals surface area contributed by atoms with Crippen LogP contribution in [0.3, 0.4) is 0 Å². The molecule has 3 rings (SSSR count). The summed E-state index contributed by atoms with van der Waals surface area (Å²) in [5.41, 5.74) is -1.62. The molecule has 0 amide bonds. The van der Waals surface area contributed by atoms with Crippen molar-refractivity contribution in [2.45, 2.75) is 45.2 Å². The number of cyclic esters (lactones) is 1. The second-order valence-electron chi connectivity index (χ2n) is 7.02. The van der Waals surface area contributed by atoms with E-state index < -0.39 is 41.2 Å². The number of allylic oxidation sites excluding steroid dienone is 1. The summed E-state index contributed by atoms with van der Waals surface area (Å²) in [6, 6.07) is 0. The third kappa shape index (κ3) is 1.64. The van der Waals surface area contributed by atoms with E-state index in [9.17, 15) is 24.9 Å². The van der Waals surface area contributed by atoms with E-state index in [1.165, 1.54) is 0 Å². The highest BCUT2D eigenvalue weighted by Gasteiger charge is 2.72. The fourth-order valence-electron chi connectivity index (χ4n) is 4.73. The molecule has 3 aliphatic rings. The Bertz CT molecular complexity index is 524. The van der Waals surface area contributed by atoms with E-state index >= 15 is 0 Å². The summed E-state index contributed by atoms with van der Waals surface area (Å²) in [5, 5.41) is 30.8. The second kappa shape index (κ2) is 4.38. The van der Waals surface area contributed by atoms with Crippen LogP contribution in [0.5, 0.6) is 0 Å². The number of rotatable bonds is 1. The van der Waals surface area contributed by atoms with Crippen molar-refractivity contribution in [2.75, 3.05) is 0 Å². The van der Waals surface area contributed by atoms with Crippen molar-refractivity contribution in [3.8, 4) is 0 Å². The fraction of sp³-hybridized carbons (Fsp3) is 0.733. The lowest BCUT2D eigenvalue weighted by atomic mass is 9.47. The van der Waals surface area contributed by atoms with Gasteiger partial charge >= 0.3 is 5.97 Å². The Balaban J connectivity index is 2.24. The third-order valence-corrected chi connectivity index (χ3v) is 5.57. The average molecular weight is 296 g/mol. The zero-order valence-electron chi connectivity index (χ0n) is 12.0. The zero-order valence-corrected chi connectivity index (χ0v) is 12.0. The van der Waals surface area contributed by atoms with Crippen LogP contribution in [-0.2, 0) is 14.3 Å². The first-order valence-corrected chi connectivity index (χ1v) is 7.17. The lowest BCUT2D eigenvalue weighted by Crippen LogP contribution is -2.64. The van der Waals surface area contributed by atoms with Crippen LogP contribution in [0, 0.1) is 22.7 Å². The van der Waals surface area contributed by atoms with E-state index in [0.29, 0.717) is 19.1 Å². The molecule has 0 aromatic carbocycles. The van der Waals surface area contributed by atoms with Gasteiger partial charge in [-0.15, -0.1) is 0 Å². The number of hydrogen-bond donors (Lipinski definition) is 3. The smallest absolute Gasteiger partial charge is 0.318 e. The molecule has 2 aliphatic carbocycles. The van der Waals surface area contributed by atoms with Gasteiger partial charge in [-0.25, -0.2) is 0 Å². The van der Waals surface area contributed by atoms with Crippen molar-refractivity contribution in [1.82, 2.24) is 0 Å². The predicted molar refractivity (Wildman–Crippen MR) is 70.7 cm³/mol. The maximum absolute atomic E-state index is 12.5. The maximum Gasteiger partial charge on any atom is 0.318 e. The molecule has 0 aromatic heterocycles. The van der Waals surface area contributed by atoms with E-state index in [1.807, 2.05) is 13.8 Å². The van der Waals surface area contributed by atoms with Crippen LogP contribution in [-0.4, -0.2) is 46.1 Å². The molecule has 1 heterocycles. The number of esters is 1. The Morgan fingerprint density at radius 3 is 2.62 bits per heavy atom. The molecule has 0 radical (unpaired) electrons. The molecule has 6 nitrogen and oxygen atoms in total. The summed E-state index contributed by atoms with van der Waals surface area (Å²) in [6.45, 7) is 3.84. The molecule has 2 fully saturated rings. The van der Waals surface area contributed by atoms with Crippen molar-refractivity contribution < 1.29 is 29.6 Å². The highest BCUT2D eigenvalue weighted by atomic mass is 16.6. The summed E-state index contributed by atoms with van der Waals surface area (Å²) in [7, 11) is 0. The Morgan fingerprint density at radius 2 is 2.00 bits per heavy atom. The van der Waals surface area contributed by atoms with E-state index in [1.54, 1.807) is 6.08 Å². The number of aldehydes is 1. The Morgan fingerprint density at radius 1 is 1.33 bits per heavy atom. The highest BCUT2D eigenvalue weighted by molar-refractivity contribution is 5.87. The van der Waals surface area contributed by atoms with Crippen molar-refractivity contribution in [1.29, 1.82) is 0 Å². The van der Waals surface area contributed by atoms with Crippen LogP contribution in [0.15, 0.2) is 11.6 Å². The van der Waals surface area contributed by atoms with Gasteiger partial charge in [0.05, 0.1) is 18.1 Å². The van der Waals surface area contributed by atoms with Crippen molar-refractivity contribution >= 4 is 12.3 Å². The van der Waals surface area contributed by atoms with Crippen LogP contribution in [0.1, 0.15) is 26.7 Å². The summed E-state index contributed by atoms with van der Waals surface area (Å²) in [6.07, 6.45) is -0.833. The van der Waals surface area contributed by atoms with Crippen LogP contribution in [0.2, 0.25) is 0 Å². The van der Waals surface area contributed by atoms with Crippen LogP contribution in [0.4, 0.5) is 0 Å². The molecule has 0 aromatic rings. The van der Waals surface area contributed by atoms with Gasteiger partial charge in [-0.3, -0.25) is 9.59 Å². The molecular weight excluding hydrogens is 276 g/mol. The molecule has 1 unspecified atom stereocenters. The normalized spacial score (nSPS) is 48.0. The molecule has 1 spiro atoms. The van der Waals surface area contributed by atoms with Gasteiger partial charge in [0.15, 0.2) is 0 Å². The lowest BCUT2D eigenvalue weighted by molar-refractivity contribution is -0.194. The summed E-state index contributed by atoms with van der Waals surface area (Å²) in [4.78, 5) is 23.8. The minimum atomic E-state index is -1.47. The molecule has 6 atom stereocenters. The van der Waals surface area contributed by atoms with Gasteiger partial charge in [0, 0.05) is 0 Å². The van der Waals surface area contributed by atoms with Crippen LogP contribution < -0.4 is 0 Å². The third-order valence-electron chi connectivity index (χ3n) is 5.57. The minimum absolute atomic E-state index is 0.258. The number of aliphatic hydroxyl groups is 3. The quantitative estimate of drug-likeness (QED) is 0.456. The van der Waals surface area contributed by atoms with Gasteiger partial charge in [-0.05, 0) is 29.7 Å². The summed E-state index contributed by atoms with van der Waals surface area (Å²) < 4.78 is 4.96. The fourth-order valence-corrected chi connectivity index (χ4v) is 4.73. The zero-order chi connectivity index (χ0) is 15.6. The van der Waals surface area contributed by atoms with Crippen LogP contribution >= 0.6 is 0 Å².